The highest BCUT2D eigenvalue weighted by molar-refractivity contribution is 5.90. The van der Waals surface area contributed by atoms with Crippen molar-refractivity contribution in [2.24, 2.45) is 0 Å². The first-order valence-electron chi connectivity index (χ1n) is 6.09. The van der Waals surface area contributed by atoms with Crippen LogP contribution in [0.15, 0.2) is 24.3 Å². The van der Waals surface area contributed by atoms with Gasteiger partial charge in [0.2, 0.25) is 0 Å². The molecular weight excluding hydrogens is 214 g/mol. The summed E-state index contributed by atoms with van der Waals surface area (Å²) in [7, 11) is 1.90. The van der Waals surface area contributed by atoms with Gasteiger partial charge >= 0.3 is 6.03 Å². The smallest absolute Gasteiger partial charge is 0.321 e. The number of nitrogens with zero attached hydrogens (tertiary/aromatic N) is 1. The normalized spacial score (nSPS) is 15.0. The van der Waals surface area contributed by atoms with Gasteiger partial charge in [-0.1, -0.05) is 18.2 Å². The van der Waals surface area contributed by atoms with Gasteiger partial charge in [0.25, 0.3) is 0 Å². The van der Waals surface area contributed by atoms with Crippen LogP contribution in [0.3, 0.4) is 0 Å². The van der Waals surface area contributed by atoms with Crippen molar-refractivity contribution in [3.63, 3.8) is 0 Å². The average molecular weight is 233 g/mol. The second-order valence-corrected chi connectivity index (χ2v) is 4.31. The lowest BCUT2D eigenvalue weighted by Gasteiger charge is -2.17. The molecule has 1 heterocycles. The van der Waals surface area contributed by atoms with Crippen molar-refractivity contribution in [2.75, 3.05) is 25.5 Å². The van der Waals surface area contributed by atoms with E-state index in [-0.39, 0.29) is 6.03 Å². The molecule has 2 N–H and O–H groups in total. The fourth-order valence-corrected chi connectivity index (χ4v) is 2.10. The Labute approximate surface area is 102 Å². The zero-order valence-electron chi connectivity index (χ0n) is 10.2. The first kappa shape index (κ1) is 11.9. The average Bonchev–Trinajstić information content (AvgIpc) is 2.85. The van der Waals surface area contributed by atoms with Gasteiger partial charge in [0.05, 0.1) is 0 Å². The van der Waals surface area contributed by atoms with Crippen LogP contribution in [0.5, 0.6) is 0 Å². The van der Waals surface area contributed by atoms with E-state index in [0.717, 1.165) is 43.7 Å². The molecule has 1 aliphatic heterocycles. The number of rotatable bonds is 3. The summed E-state index contributed by atoms with van der Waals surface area (Å²) in [5.74, 6) is 0. The van der Waals surface area contributed by atoms with Crippen LogP contribution in [0.1, 0.15) is 18.4 Å². The molecule has 1 saturated heterocycles. The van der Waals surface area contributed by atoms with Crippen molar-refractivity contribution < 1.29 is 4.79 Å². The Balaban J connectivity index is 2.04. The first-order valence-corrected chi connectivity index (χ1v) is 6.09. The van der Waals surface area contributed by atoms with E-state index in [2.05, 4.69) is 10.6 Å². The Bertz CT molecular complexity index is 386. The number of hydrogen-bond donors (Lipinski definition) is 2. The fourth-order valence-electron chi connectivity index (χ4n) is 2.10. The summed E-state index contributed by atoms with van der Waals surface area (Å²) >= 11 is 0. The molecule has 92 valence electrons. The Morgan fingerprint density at radius 2 is 2.00 bits per heavy atom. The number of para-hydroxylation sites is 1. The largest absolute Gasteiger partial charge is 0.325 e. The van der Waals surface area contributed by atoms with E-state index in [9.17, 15) is 4.79 Å². The molecule has 0 atom stereocenters. The highest BCUT2D eigenvalue weighted by Gasteiger charge is 2.18. The van der Waals surface area contributed by atoms with Crippen LogP contribution in [0.2, 0.25) is 0 Å². The van der Waals surface area contributed by atoms with Gasteiger partial charge < -0.3 is 15.5 Å². The van der Waals surface area contributed by atoms with E-state index in [4.69, 9.17) is 0 Å². The van der Waals surface area contributed by atoms with Crippen LogP contribution in [0.4, 0.5) is 10.5 Å². The van der Waals surface area contributed by atoms with E-state index in [1.165, 1.54) is 0 Å². The third kappa shape index (κ3) is 2.97. The molecule has 2 amide bonds. The van der Waals surface area contributed by atoms with Crippen molar-refractivity contribution >= 4 is 11.7 Å². The lowest BCUT2D eigenvalue weighted by atomic mass is 10.2. The number of nitrogens with one attached hydrogen (secondary N) is 2. The maximum absolute atomic E-state index is 12.0. The zero-order chi connectivity index (χ0) is 12.1. The van der Waals surface area contributed by atoms with E-state index in [0.29, 0.717) is 0 Å². The molecule has 0 radical (unpaired) electrons. The van der Waals surface area contributed by atoms with Gasteiger partial charge in [-0.3, -0.25) is 0 Å². The van der Waals surface area contributed by atoms with Gasteiger partial charge in [0.15, 0.2) is 0 Å². The highest BCUT2D eigenvalue weighted by Crippen LogP contribution is 2.16. The second kappa shape index (κ2) is 5.68. The summed E-state index contributed by atoms with van der Waals surface area (Å²) in [6, 6.07) is 7.92. The summed E-state index contributed by atoms with van der Waals surface area (Å²) in [5.41, 5.74) is 2.02. The van der Waals surface area contributed by atoms with Crippen molar-refractivity contribution in [3.05, 3.63) is 29.8 Å². The predicted molar refractivity (Wildman–Crippen MR) is 69.0 cm³/mol. The molecule has 2 rings (SSSR count). The summed E-state index contributed by atoms with van der Waals surface area (Å²) in [5, 5.41) is 6.09. The van der Waals surface area contributed by atoms with Crippen LogP contribution in [-0.2, 0) is 6.54 Å². The van der Waals surface area contributed by atoms with Crippen LogP contribution >= 0.6 is 0 Å². The van der Waals surface area contributed by atoms with Crippen molar-refractivity contribution in [1.29, 1.82) is 0 Å². The lowest BCUT2D eigenvalue weighted by Crippen LogP contribution is -2.32. The summed E-state index contributed by atoms with van der Waals surface area (Å²) in [4.78, 5) is 13.8. The van der Waals surface area contributed by atoms with Crippen molar-refractivity contribution in [2.45, 2.75) is 19.4 Å². The number of carbonyl (C=O) groups is 1. The Morgan fingerprint density at radius 1 is 1.29 bits per heavy atom. The Hall–Kier alpha value is -1.55. The SMILES string of the molecule is CNCc1ccccc1NC(=O)N1CCCC1. The molecule has 1 aliphatic rings. The van der Waals surface area contributed by atoms with Crippen LogP contribution < -0.4 is 10.6 Å². The summed E-state index contributed by atoms with van der Waals surface area (Å²) < 4.78 is 0. The van der Waals surface area contributed by atoms with Gasteiger partial charge in [0.1, 0.15) is 0 Å². The third-order valence-electron chi connectivity index (χ3n) is 3.02. The number of amides is 2. The van der Waals surface area contributed by atoms with Gasteiger partial charge in [-0.25, -0.2) is 4.79 Å². The molecule has 17 heavy (non-hydrogen) atoms. The maximum atomic E-state index is 12.0. The molecule has 4 nitrogen and oxygen atoms in total. The first-order chi connectivity index (χ1) is 8.31. The number of carbonyl (C=O) groups excluding carboxylic acids is 1. The van der Waals surface area contributed by atoms with E-state index in [1.54, 1.807) is 0 Å². The number of likely N-dealkylation sites (tertiary alicyclic amines) is 1. The predicted octanol–water partition coefficient (Wildman–Crippen LogP) is 2.03. The number of urea groups is 1. The van der Waals surface area contributed by atoms with Gasteiger partial charge in [-0.2, -0.15) is 0 Å². The number of hydrogen-bond acceptors (Lipinski definition) is 2. The minimum Gasteiger partial charge on any atom is -0.325 e. The van der Waals surface area contributed by atoms with Crippen molar-refractivity contribution in [3.8, 4) is 0 Å². The molecular formula is C13H19N3O. The molecule has 4 heteroatoms. The molecule has 0 unspecified atom stereocenters. The van der Waals surface area contributed by atoms with Gasteiger partial charge in [-0.15, -0.1) is 0 Å². The molecule has 1 aromatic rings. The van der Waals surface area contributed by atoms with Crippen LogP contribution in [0.25, 0.3) is 0 Å². The minimum absolute atomic E-state index is 0.0195. The minimum atomic E-state index is 0.0195. The number of benzene rings is 1. The molecule has 0 spiro atoms. The Kier molecular flexibility index (Phi) is 3.98. The van der Waals surface area contributed by atoms with Gasteiger partial charge in [0, 0.05) is 25.3 Å². The molecule has 0 aromatic heterocycles. The lowest BCUT2D eigenvalue weighted by molar-refractivity contribution is 0.222. The van der Waals surface area contributed by atoms with Crippen molar-refractivity contribution in [1.82, 2.24) is 10.2 Å². The maximum Gasteiger partial charge on any atom is 0.321 e. The standard InChI is InChI=1S/C13H19N3O/c1-14-10-11-6-2-3-7-12(11)15-13(17)16-8-4-5-9-16/h2-3,6-7,14H,4-5,8-10H2,1H3,(H,15,17). The molecule has 1 fully saturated rings. The summed E-state index contributed by atoms with van der Waals surface area (Å²) in [6.45, 7) is 2.51. The number of anilines is 1. The quantitative estimate of drug-likeness (QED) is 0.839. The molecule has 0 bridgehead atoms. The van der Waals surface area contributed by atoms with Crippen LogP contribution in [-0.4, -0.2) is 31.1 Å². The molecule has 0 saturated carbocycles. The van der Waals surface area contributed by atoms with Gasteiger partial charge in [-0.05, 0) is 31.5 Å². The zero-order valence-corrected chi connectivity index (χ0v) is 10.2. The third-order valence-corrected chi connectivity index (χ3v) is 3.02. The fraction of sp³-hybridized carbons (Fsp3) is 0.462. The highest BCUT2D eigenvalue weighted by atomic mass is 16.2. The van der Waals surface area contributed by atoms with E-state index in [1.807, 2.05) is 36.2 Å². The van der Waals surface area contributed by atoms with Crippen LogP contribution in [0, 0.1) is 0 Å². The molecule has 0 aliphatic carbocycles. The molecule has 1 aromatic carbocycles. The topological polar surface area (TPSA) is 44.4 Å². The monoisotopic (exact) mass is 233 g/mol. The van der Waals surface area contributed by atoms with E-state index >= 15 is 0 Å². The Morgan fingerprint density at radius 3 is 2.71 bits per heavy atom. The summed E-state index contributed by atoms with van der Waals surface area (Å²) in [6.07, 6.45) is 2.23. The second-order valence-electron chi connectivity index (χ2n) is 4.31. The van der Waals surface area contributed by atoms with E-state index < -0.39 is 0 Å².